The van der Waals surface area contributed by atoms with E-state index in [1.807, 2.05) is 43.4 Å². The molecule has 0 radical (unpaired) electrons. The second-order valence-electron chi connectivity index (χ2n) is 4.38. The zero-order valence-electron chi connectivity index (χ0n) is 10.6. The lowest BCUT2D eigenvalue weighted by Crippen LogP contribution is -2.16. The van der Waals surface area contributed by atoms with Gasteiger partial charge in [-0.15, -0.1) is 0 Å². The highest BCUT2D eigenvalue weighted by Gasteiger charge is 2.07. The van der Waals surface area contributed by atoms with E-state index in [1.165, 1.54) is 5.56 Å². The van der Waals surface area contributed by atoms with Gasteiger partial charge in [0.25, 0.3) is 0 Å². The molecule has 1 N–H and O–H groups in total. The number of hydrogen-bond acceptors (Lipinski definition) is 2. The fourth-order valence-corrected chi connectivity index (χ4v) is 2.52. The fourth-order valence-electron chi connectivity index (χ4n) is 1.88. The first-order valence-electron chi connectivity index (χ1n) is 5.95. The summed E-state index contributed by atoms with van der Waals surface area (Å²) in [6.45, 7) is 0.753. The van der Waals surface area contributed by atoms with Crippen molar-refractivity contribution in [3.05, 3.63) is 63.1 Å². The minimum Gasteiger partial charge on any atom is -0.392 e. The highest BCUT2D eigenvalue weighted by molar-refractivity contribution is 9.10. The van der Waals surface area contributed by atoms with Gasteiger partial charge in [-0.05, 0) is 29.3 Å². The summed E-state index contributed by atoms with van der Waals surface area (Å²) >= 11 is 9.66. The van der Waals surface area contributed by atoms with E-state index in [0.29, 0.717) is 5.02 Å². The second kappa shape index (κ2) is 6.42. The topological polar surface area (TPSA) is 23.5 Å². The minimum atomic E-state index is -0.0347. The first kappa shape index (κ1) is 14.4. The maximum atomic E-state index is 9.12. The van der Waals surface area contributed by atoms with Crippen LogP contribution in [-0.2, 0) is 13.2 Å². The average molecular weight is 341 g/mol. The van der Waals surface area contributed by atoms with E-state index in [-0.39, 0.29) is 6.61 Å². The molecule has 0 spiro atoms. The normalized spacial score (nSPS) is 10.5. The number of nitrogens with zero attached hydrogens (tertiary/aromatic N) is 1. The average Bonchev–Trinajstić information content (AvgIpc) is 2.41. The van der Waals surface area contributed by atoms with Gasteiger partial charge in [0.2, 0.25) is 0 Å². The van der Waals surface area contributed by atoms with Gasteiger partial charge < -0.3 is 10.0 Å². The number of aliphatic hydroxyl groups excluding tert-OH is 1. The van der Waals surface area contributed by atoms with Crippen LogP contribution in [0.1, 0.15) is 11.1 Å². The quantitative estimate of drug-likeness (QED) is 0.900. The SMILES string of the molecule is CN(Cc1ccccc1Br)c1ccc(CO)c(Cl)c1. The van der Waals surface area contributed by atoms with E-state index in [1.54, 1.807) is 0 Å². The number of benzene rings is 2. The van der Waals surface area contributed by atoms with Crippen LogP contribution in [0.15, 0.2) is 46.9 Å². The van der Waals surface area contributed by atoms with Gasteiger partial charge in [-0.3, -0.25) is 0 Å². The third kappa shape index (κ3) is 3.50. The van der Waals surface area contributed by atoms with Crippen molar-refractivity contribution < 1.29 is 5.11 Å². The smallest absolute Gasteiger partial charge is 0.0696 e. The molecule has 0 saturated heterocycles. The Bertz CT molecular complexity index is 574. The van der Waals surface area contributed by atoms with Crippen LogP contribution in [0.25, 0.3) is 0 Å². The molecule has 100 valence electrons. The highest BCUT2D eigenvalue weighted by atomic mass is 79.9. The third-order valence-corrected chi connectivity index (χ3v) is 4.14. The van der Waals surface area contributed by atoms with E-state index < -0.39 is 0 Å². The van der Waals surface area contributed by atoms with Gasteiger partial charge in [-0.2, -0.15) is 0 Å². The van der Waals surface area contributed by atoms with Crippen LogP contribution in [0.2, 0.25) is 5.02 Å². The van der Waals surface area contributed by atoms with Gasteiger partial charge >= 0.3 is 0 Å². The van der Waals surface area contributed by atoms with Gasteiger partial charge in [-0.25, -0.2) is 0 Å². The molecule has 0 heterocycles. The lowest BCUT2D eigenvalue weighted by molar-refractivity contribution is 0.282. The van der Waals surface area contributed by atoms with Crippen LogP contribution in [0, 0.1) is 0 Å². The monoisotopic (exact) mass is 339 g/mol. The summed E-state index contributed by atoms with van der Waals surface area (Å²) in [5, 5.41) is 9.71. The lowest BCUT2D eigenvalue weighted by Gasteiger charge is -2.21. The van der Waals surface area contributed by atoms with Crippen molar-refractivity contribution in [2.45, 2.75) is 13.2 Å². The summed E-state index contributed by atoms with van der Waals surface area (Å²) in [7, 11) is 2.02. The predicted molar refractivity (Wildman–Crippen MR) is 83.6 cm³/mol. The molecule has 0 aliphatic rings. The molecular weight excluding hydrogens is 326 g/mol. The first-order valence-corrected chi connectivity index (χ1v) is 7.12. The van der Waals surface area contributed by atoms with E-state index in [9.17, 15) is 0 Å². The molecule has 2 rings (SSSR count). The van der Waals surface area contributed by atoms with Crippen LogP contribution in [0.4, 0.5) is 5.69 Å². The minimum absolute atomic E-state index is 0.0347. The molecule has 0 saturated carbocycles. The zero-order chi connectivity index (χ0) is 13.8. The molecule has 0 aliphatic heterocycles. The summed E-state index contributed by atoms with van der Waals surface area (Å²) in [6, 6.07) is 13.8. The molecule has 2 nitrogen and oxygen atoms in total. The summed E-state index contributed by atoms with van der Waals surface area (Å²) < 4.78 is 1.10. The Labute approximate surface area is 126 Å². The lowest BCUT2D eigenvalue weighted by atomic mass is 10.1. The summed E-state index contributed by atoms with van der Waals surface area (Å²) in [5.74, 6) is 0. The molecule has 4 heteroatoms. The molecule has 0 fully saturated rings. The number of aliphatic hydroxyl groups is 1. The van der Waals surface area contributed by atoms with Crippen LogP contribution < -0.4 is 4.90 Å². The molecule has 0 unspecified atom stereocenters. The number of hydrogen-bond donors (Lipinski definition) is 1. The van der Waals surface area contributed by atoms with Crippen molar-refractivity contribution in [1.29, 1.82) is 0 Å². The Morgan fingerprint density at radius 3 is 2.53 bits per heavy atom. The maximum absolute atomic E-state index is 9.12. The van der Waals surface area contributed by atoms with Gasteiger partial charge in [0, 0.05) is 28.8 Å². The second-order valence-corrected chi connectivity index (χ2v) is 5.64. The Morgan fingerprint density at radius 2 is 1.89 bits per heavy atom. The van der Waals surface area contributed by atoms with E-state index >= 15 is 0 Å². The standard InChI is InChI=1S/C15H15BrClNO/c1-18(9-11-4-2-3-5-14(11)16)13-7-6-12(10-19)15(17)8-13/h2-8,19H,9-10H2,1H3. The van der Waals surface area contributed by atoms with Crippen molar-refractivity contribution in [3.8, 4) is 0 Å². The molecule has 0 atom stereocenters. The van der Waals surface area contributed by atoms with Gasteiger partial charge in [0.1, 0.15) is 0 Å². The largest absolute Gasteiger partial charge is 0.392 e. The van der Waals surface area contributed by atoms with Crippen molar-refractivity contribution in [3.63, 3.8) is 0 Å². The maximum Gasteiger partial charge on any atom is 0.0696 e. The van der Waals surface area contributed by atoms with E-state index in [2.05, 4.69) is 26.9 Å². The summed E-state index contributed by atoms with van der Waals surface area (Å²) in [6.07, 6.45) is 0. The van der Waals surface area contributed by atoms with Crippen molar-refractivity contribution in [1.82, 2.24) is 0 Å². The van der Waals surface area contributed by atoms with Crippen LogP contribution in [0.5, 0.6) is 0 Å². The molecule has 0 aliphatic carbocycles. The van der Waals surface area contributed by atoms with Gasteiger partial charge in [0.15, 0.2) is 0 Å². The van der Waals surface area contributed by atoms with Crippen molar-refractivity contribution in [2.24, 2.45) is 0 Å². The predicted octanol–water partition coefficient (Wildman–Crippen LogP) is 4.23. The molecule has 2 aromatic carbocycles. The fraction of sp³-hybridized carbons (Fsp3) is 0.200. The molecule has 0 amide bonds. The zero-order valence-corrected chi connectivity index (χ0v) is 12.9. The molecule has 2 aromatic rings. The first-order chi connectivity index (χ1) is 9.11. The molecule has 19 heavy (non-hydrogen) atoms. The Hall–Kier alpha value is -1.03. The number of rotatable bonds is 4. The number of halogens is 2. The van der Waals surface area contributed by atoms with Gasteiger partial charge in [-0.1, -0.05) is 51.8 Å². The van der Waals surface area contributed by atoms with Crippen molar-refractivity contribution >= 4 is 33.2 Å². The van der Waals surface area contributed by atoms with Crippen LogP contribution >= 0.6 is 27.5 Å². The summed E-state index contributed by atoms with van der Waals surface area (Å²) in [4.78, 5) is 2.12. The van der Waals surface area contributed by atoms with E-state index in [0.717, 1.165) is 22.3 Å². The Balaban J connectivity index is 2.18. The summed E-state index contributed by atoms with van der Waals surface area (Å²) in [5.41, 5.74) is 2.99. The van der Waals surface area contributed by atoms with Crippen LogP contribution in [0.3, 0.4) is 0 Å². The Kier molecular flexibility index (Phi) is 4.86. The Morgan fingerprint density at radius 1 is 1.16 bits per heavy atom. The van der Waals surface area contributed by atoms with Gasteiger partial charge in [0.05, 0.1) is 6.61 Å². The molecular formula is C15H15BrClNO. The molecule has 0 aromatic heterocycles. The highest BCUT2D eigenvalue weighted by Crippen LogP contribution is 2.25. The van der Waals surface area contributed by atoms with Crippen molar-refractivity contribution in [2.75, 3.05) is 11.9 Å². The van der Waals surface area contributed by atoms with E-state index in [4.69, 9.17) is 16.7 Å². The van der Waals surface area contributed by atoms with Crippen LogP contribution in [-0.4, -0.2) is 12.2 Å². The third-order valence-electron chi connectivity index (χ3n) is 3.01. The number of anilines is 1. The molecule has 0 bridgehead atoms.